The Hall–Kier alpha value is -2.80. The van der Waals surface area contributed by atoms with E-state index < -0.39 is 0 Å². The third-order valence-electron chi connectivity index (χ3n) is 5.31. The molecule has 1 fully saturated rings. The number of aromatic nitrogens is 1. The molecule has 1 aromatic heterocycles. The van der Waals surface area contributed by atoms with Gasteiger partial charge in [0.05, 0.1) is 6.61 Å². The Kier molecular flexibility index (Phi) is 7.90. The summed E-state index contributed by atoms with van der Waals surface area (Å²) in [7, 11) is 6.02. The van der Waals surface area contributed by atoms with Gasteiger partial charge in [0.2, 0.25) is 0 Å². The summed E-state index contributed by atoms with van der Waals surface area (Å²) in [6.07, 6.45) is 1.96. The van der Waals surface area contributed by atoms with Gasteiger partial charge < -0.3 is 24.8 Å². The average molecular weight is 411 g/mol. The smallest absolute Gasteiger partial charge is 0.193 e. The minimum atomic E-state index is 0.682. The van der Waals surface area contributed by atoms with Crippen LogP contribution in [0.4, 0.5) is 5.82 Å². The summed E-state index contributed by atoms with van der Waals surface area (Å²) >= 11 is 0. The van der Waals surface area contributed by atoms with Crippen molar-refractivity contribution in [3.8, 4) is 5.75 Å². The van der Waals surface area contributed by atoms with E-state index in [9.17, 15) is 0 Å². The van der Waals surface area contributed by atoms with Crippen LogP contribution < -0.4 is 15.0 Å². The maximum atomic E-state index is 5.51. The predicted octanol–water partition coefficient (Wildman–Crippen LogP) is 2.44. The van der Waals surface area contributed by atoms with Gasteiger partial charge in [-0.25, -0.2) is 4.98 Å². The lowest BCUT2D eigenvalue weighted by Gasteiger charge is -2.33. The van der Waals surface area contributed by atoms with Crippen LogP contribution in [0.2, 0.25) is 0 Å². The largest absolute Gasteiger partial charge is 0.494 e. The Morgan fingerprint density at radius 1 is 1.10 bits per heavy atom. The van der Waals surface area contributed by atoms with E-state index in [1.807, 2.05) is 39.3 Å². The predicted molar refractivity (Wildman–Crippen MR) is 123 cm³/mol. The highest BCUT2D eigenvalue weighted by Gasteiger charge is 2.15. The number of aliphatic imine (C=N–C) groups is 1. The summed E-state index contributed by atoms with van der Waals surface area (Å²) in [5.41, 5.74) is 2.35. The quantitative estimate of drug-likeness (QED) is 0.559. The second-order valence-electron chi connectivity index (χ2n) is 7.65. The molecule has 1 aromatic carbocycles. The van der Waals surface area contributed by atoms with Crippen LogP contribution in [-0.4, -0.2) is 74.7 Å². The standard InChI is InChI=1S/C23H34N6O/c1-5-30-21-9-6-19(7-10-21)18-28(4)23(24-2)26-17-20-8-11-22(25-16-20)29-14-12-27(3)13-15-29/h6-11,16H,5,12-15,17-18H2,1-4H3,(H,24,26). The molecule has 0 atom stereocenters. The minimum Gasteiger partial charge on any atom is -0.494 e. The molecule has 0 amide bonds. The van der Waals surface area contributed by atoms with Crippen LogP contribution in [-0.2, 0) is 13.1 Å². The molecule has 162 valence electrons. The van der Waals surface area contributed by atoms with Gasteiger partial charge in [-0.3, -0.25) is 4.99 Å². The van der Waals surface area contributed by atoms with Crippen LogP contribution in [0.1, 0.15) is 18.1 Å². The van der Waals surface area contributed by atoms with Crippen LogP contribution in [0.25, 0.3) is 0 Å². The third kappa shape index (κ3) is 6.10. The summed E-state index contributed by atoms with van der Waals surface area (Å²) < 4.78 is 5.51. The van der Waals surface area contributed by atoms with Gasteiger partial charge >= 0.3 is 0 Å². The van der Waals surface area contributed by atoms with Crippen LogP contribution >= 0.6 is 0 Å². The Morgan fingerprint density at radius 3 is 2.40 bits per heavy atom. The van der Waals surface area contributed by atoms with Gasteiger partial charge in [-0.05, 0) is 43.3 Å². The second kappa shape index (κ2) is 10.8. The molecule has 3 rings (SSSR count). The van der Waals surface area contributed by atoms with Crippen molar-refractivity contribution in [2.24, 2.45) is 4.99 Å². The number of nitrogens with zero attached hydrogens (tertiary/aromatic N) is 5. The molecule has 0 bridgehead atoms. The number of ether oxygens (including phenoxy) is 1. The minimum absolute atomic E-state index is 0.682. The van der Waals surface area contributed by atoms with Crippen molar-refractivity contribution in [2.75, 3.05) is 58.8 Å². The van der Waals surface area contributed by atoms with E-state index in [1.54, 1.807) is 0 Å². The molecule has 1 saturated heterocycles. The van der Waals surface area contributed by atoms with Crippen LogP contribution in [0, 0.1) is 0 Å². The molecule has 2 aromatic rings. The van der Waals surface area contributed by atoms with Crippen molar-refractivity contribution >= 4 is 11.8 Å². The number of piperazine rings is 1. The van der Waals surface area contributed by atoms with E-state index in [2.05, 4.69) is 61.3 Å². The van der Waals surface area contributed by atoms with Crippen LogP contribution in [0.3, 0.4) is 0 Å². The zero-order valence-corrected chi connectivity index (χ0v) is 18.6. The Balaban J connectivity index is 1.50. The molecule has 0 radical (unpaired) electrons. The van der Waals surface area contributed by atoms with E-state index in [-0.39, 0.29) is 0 Å². The number of nitrogens with one attached hydrogen (secondary N) is 1. The molecule has 2 heterocycles. The van der Waals surface area contributed by atoms with Gasteiger partial charge in [0.1, 0.15) is 11.6 Å². The van der Waals surface area contributed by atoms with Crippen molar-refractivity contribution in [2.45, 2.75) is 20.0 Å². The fraction of sp³-hybridized carbons (Fsp3) is 0.478. The second-order valence-corrected chi connectivity index (χ2v) is 7.65. The zero-order valence-electron chi connectivity index (χ0n) is 18.6. The highest BCUT2D eigenvalue weighted by atomic mass is 16.5. The first-order valence-electron chi connectivity index (χ1n) is 10.6. The molecule has 7 heteroatoms. The molecule has 1 aliphatic heterocycles. The molecule has 7 nitrogen and oxygen atoms in total. The third-order valence-corrected chi connectivity index (χ3v) is 5.31. The maximum Gasteiger partial charge on any atom is 0.193 e. The van der Waals surface area contributed by atoms with Crippen molar-refractivity contribution < 1.29 is 4.74 Å². The zero-order chi connectivity index (χ0) is 21.3. The molecule has 1 N–H and O–H groups in total. The van der Waals surface area contributed by atoms with E-state index in [0.717, 1.165) is 55.8 Å². The monoisotopic (exact) mass is 410 g/mol. The summed E-state index contributed by atoms with van der Waals surface area (Å²) in [5, 5.41) is 3.43. The SMILES string of the molecule is CCOc1ccc(CN(C)C(=NC)NCc2ccc(N3CCN(C)CC3)nc2)cc1. The van der Waals surface area contributed by atoms with Crippen LogP contribution in [0.5, 0.6) is 5.75 Å². The number of guanidine groups is 1. The Bertz CT molecular complexity index is 797. The normalized spacial score (nSPS) is 15.2. The maximum absolute atomic E-state index is 5.51. The average Bonchev–Trinajstić information content (AvgIpc) is 2.77. The number of likely N-dealkylation sites (N-methyl/N-ethyl adjacent to an activating group) is 1. The molecule has 0 spiro atoms. The lowest BCUT2D eigenvalue weighted by Crippen LogP contribution is -2.44. The lowest BCUT2D eigenvalue weighted by molar-refractivity contribution is 0.312. The number of benzene rings is 1. The molecule has 1 aliphatic rings. The highest BCUT2D eigenvalue weighted by Crippen LogP contribution is 2.15. The van der Waals surface area contributed by atoms with Gasteiger partial charge in [0, 0.05) is 59.6 Å². The molecule has 0 aliphatic carbocycles. The van der Waals surface area contributed by atoms with Crippen molar-refractivity contribution in [3.63, 3.8) is 0 Å². The summed E-state index contributed by atoms with van der Waals surface area (Å²) in [4.78, 5) is 15.9. The Morgan fingerprint density at radius 2 is 1.80 bits per heavy atom. The van der Waals surface area contributed by atoms with Gasteiger partial charge in [-0.15, -0.1) is 0 Å². The van der Waals surface area contributed by atoms with E-state index in [0.29, 0.717) is 13.2 Å². The number of rotatable bonds is 7. The van der Waals surface area contributed by atoms with Crippen molar-refractivity contribution in [1.82, 2.24) is 20.1 Å². The van der Waals surface area contributed by atoms with Crippen LogP contribution in [0.15, 0.2) is 47.6 Å². The van der Waals surface area contributed by atoms with E-state index in [1.165, 1.54) is 5.56 Å². The first-order chi connectivity index (χ1) is 14.6. The van der Waals surface area contributed by atoms with Crippen molar-refractivity contribution in [1.29, 1.82) is 0 Å². The van der Waals surface area contributed by atoms with Gasteiger partial charge in [-0.2, -0.15) is 0 Å². The van der Waals surface area contributed by atoms with Gasteiger partial charge in [-0.1, -0.05) is 18.2 Å². The summed E-state index contributed by atoms with van der Waals surface area (Å²) in [6.45, 7) is 8.37. The number of pyridine rings is 1. The molecular weight excluding hydrogens is 376 g/mol. The summed E-state index contributed by atoms with van der Waals surface area (Å²) in [6, 6.07) is 12.5. The van der Waals surface area contributed by atoms with Crippen molar-refractivity contribution in [3.05, 3.63) is 53.7 Å². The lowest BCUT2D eigenvalue weighted by atomic mass is 10.2. The molecule has 30 heavy (non-hydrogen) atoms. The fourth-order valence-electron chi connectivity index (χ4n) is 3.52. The Labute approximate surface area is 180 Å². The molecular formula is C23H34N6O. The van der Waals surface area contributed by atoms with E-state index >= 15 is 0 Å². The van der Waals surface area contributed by atoms with E-state index in [4.69, 9.17) is 4.74 Å². The fourth-order valence-corrected chi connectivity index (χ4v) is 3.52. The first-order valence-corrected chi connectivity index (χ1v) is 10.6. The molecule has 0 unspecified atom stereocenters. The number of anilines is 1. The summed E-state index contributed by atoms with van der Waals surface area (Å²) in [5.74, 6) is 2.81. The van der Waals surface area contributed by atoms with Gasteiger partial charge in [0.15, 0.2) is 5.96 Å². The topological polar surface area (TPSA) is 56.2 Å². The number of hydrogen-bond donors (Lipinski definition) is 1. The molecule has 0 saturated carbocycles. The highest BCUT2D eigenvalue weighted by molar-refractivity contribution is 5.79. The first kappa shape index (κ1) is 21.9. The number of hydrogen-bond acceptors (Lipinski definition) is 5. The van der Waals surface area contributed by atoms with Gasteiger partial charge in [0.25, 0.3) is 0 Å².